The number of aromatic nitrogens is 1. The van der Waals surface area contributed by atoms with Crippen molar-refractivity contribution in [2.24, 2.45) is 0 Å². The SMILES string of the molecule is Oc1ccc2nc(-c3ccc(O)c(F)c3)cc(-c3ccsc3)c2c1. The first-order chi connectivity index (χ1) is 11.6. The summed E-state index contributed by atoms with van der Waals surface area (Å²) in [5.41, 5.74) is 3.82. The molecular weight excluding hydrogens is 325 g/mol. The van der Waals surface area contributed by atoms with Gasteiger partial charge in [-0.05, 0) is 70.4 Å². The summed E-state index contributed by atoms with van der Waals surface area (Å²) in [7, 11) is 0. The van der Waals surface area contributed by atoms with Gasteiger partial charge in [0, 0.05) is 10.9 Å². The number of rotatable bonds is 2. The van der Waals surface area contributed by atoms with Crippen molar-refractivity contribution in [3.63, 3.8) is 0 Å². The van der Waals surface area contributed by atoms with Crippen molar-refractivity contribution in [2.75, 3.05) is 0 Å². The predicted octanol–water partition coefficient (Wildman–Crippen LogP) is 5.18. The summed E-state index contributed by atoms with van der Waals surface area (Å²) in [5.74, 6) is -0.899. The molecule has 2 N–H and O–H groups in total. The highest BCUT2D eigenvalue weighted by Crippen LogP contribution is 2.35. The van der Waals surface area contributed by atoms with E-state index in [0.29, 0.717) is 16.8 Å². The Hall–Kier alpha value is -2.92. The van der Waals surface area contributed by atoms with E-state index < -0.39 is 5.82 Å². The molecule has 0 atom stereocenters. The fourth-order valence-corrected chi connectivity index (χ4v) is 3.34. The van der Waals surface area contributed by atoms with Gasteiger partial charge in [0.05, 0.1) is 11.2 Å². The molecule has 0 fully saturated rings. The number of phenolic OH excluding ortho intramolecular Hbond substituents is 2. The van der Waals surface area contributed by atoms with Gasteiger partial charge in [-0.1, -0.05) is 0 Å². The van der Waals surface area contributed by atoms with Crippen molar-refractivity contribution in [2.45, 2.75) is 0 Å². The third-order valence-corrected chi connectivity index (χ3v) is 4.55. The Morgan fingerprint density at radius 2 is 1.79 bits per heavy atom. The molecule has 0 spiro atoms. The largest absolute Gasteiger partial charge is 0.508 e. The smallest absolute Gasteiger partial charge is 0.165 e. The number of fused-ring (bicyclic) bond motifs is 1. The van der Waals surface area contributed by atoms with Crippen LogP contribution in [0.25, 0.3) is 33.3 Å². The minimum Gasteiger partial charge on any atom is -0.508 e. The minimum absolute atomic E-state index is 0.171. The van der Waals surface area contributed by atoms with Crippen LogP contribution in [-0.4, -0.2) is 15.2 Å². The van der Waals surface area contributed by atoms with Crippen LogP contribution < -0.4 is 0 Å². The molecule has 0 saturated carbocycles. The van der Waals surface area contributed by atoms with Gasteiger partial charge >= 0.3 is 0 Å². The van der Waals surface area contributed by atoms with Crippen LogP contribution in [0.15, 0.2) is 59.3 Å². The number of aromatic hydroxyl groups is 2. The molecule has 0 saturated heterocycles. The molecule has 2 heterocycles. The lowest BCUT2D eigenvalue weighted by Gasteiger charge is -2.10. The van der Waals surface area contributed by atoms with Crippen molar-refractivity contribution in [1.29, 1.82) is 0 Å². The lowest BCUT2D eigenvalue weighted by molar-refractivity contribution is 0.432. The van der Waals surface area contributed by atoms with Gasteiger partial charge in [0.2, 0.25) is 0 Å². The second-order valence-electron chi connectivity index (χ2n) is 5.43. The van der Waals surface area contributed by atoms with E-state index in [0.717, 1.165) is 16.5 Å². The maximum Gasteiger partial charge on any atom is 0.165 e. The number of benzene rings is 2. The van der Waals surface area contributed by atoms with Crippen molar-refractivity contribution in [3.8, 4) is 33.9 Å². The molecule has 118 valence electrons. The van der Waals surface area contributed by atoms with Gasteiger partial charge in [-0.15, -0.1) is 0 Å². The van der Waals surface area contributed by atoms with Crippen LogP contribution >= 0.6 is 11.3 Å². The van der Waals surface area contributed by atoms with E-state index in [1.807, 2.05) is 22.9 Å². The fourth-order valence-electron chi connectivity index (χ4n) is 2.68. The number of nitrogens with zero attached hydrogens (tertiary/aromatic N) is 1. The number of hydrogen-bond acceptors (Lipinski definition) is 4. The van der Waals surface area contributed by atoms with E-state index in [-0.39, 0.29) is 11.5 Å². The van der Waals surface area contributed by atoms with Gasteiger partial charge in [0.25, 0.3) is 0 Å². The fraction of sp³-hybridized carbons (Fsp3) is 0. The Balaban J connectivity index is 2.01. The van der Waals surface area contributed by atoms with E-state index in [4.69, 9.17) is 0 Å². The lowest BCUT2D eigenvalue weighted by Crippen LogP contribution is -1.90. The van der Waals surface area contributed by atoms with Crippen LogP contribution in [0.3, 0.4) is 0 Å². The third-order valence-electron chi connectivity index (χ3n) is 3.87. The molecule has 24 heavy (non-hydrogen) atoms. The highest BCUT2D eigenvalue weighted by Gasteiger charge is 2.12. The number of pyridine rings is 1. The summed E-state index contributed by atoms with van der Waals surface area (Å²) in [4.78, 5) is 4.57. The van der Waals surface area contributed by atoms with Gasteiger partial charge in [-0.2, -0.15) is 11.3 Å². The van der Waals surface area contributed by atoms with E-state index >= 15 is 0 Å². The van der Waals surface area contributed by atoms with Gasteiger partial charge in [-0.25, -0.2) is 9.37 Å². The van der Waals surface area contributed by atoms with Crippen LogP contribution in [0.2, 0.25) is 0 Å². The number of hydrogen-bond donors (Lipinski definition) is 2. The Labute approximate surface area is 141 Å². The Morgan fingerprint density at radius 3 is 2.54 bits per heavy atom. The maximum absolute atomic E-state index is 13.7. The third kappa shape index (κ3) is 2.49. The number of halogens is 1. The van der Waals surface area contributed by atoms with E-state index in [1.165, 1.54) is 12.1 Å². The predicted molar refractivity (Wildman–Crippen MR) is 93.8 cm³/mol. The first-order valence-corrected chi connectivity index (χ1v) is 8.21. The van der Waals surface area contributed by atoms with Crippen LogP contribution in [0.5, 0.6) is 11.5 Å². The molecule has 2 aromatic carbocycles. The zero-order valence-electron chi connectivity index (χ0n) is 12.4. The summed E-state index contributed by atoms with van der Waals surface area (Å²) < 4.78 is 13.7. The van der Waals surface area contributed by atoms with Gasteiger partial charge in [-0.3, -0.25) is 0 Å². The van der Waals surface area contributed by atoms with Crippen molar-refractivity contribution in [3.05, 3.63) is 65.1 Å². The minimum atomic E-state index is -0.683. The summed E-state index contributed by atoms with van der Waals surface area (Å²) >= 11 is 1.58. The highest BCUT2D eigenvalue weighted by atomic mass is 32.1. The summed E-state index contributed by atoms with van der Waals surface area (Å²) in [5, 5.41) is 24.0. The molecule has 0 unspecified atom stereocenters. The zero-order chi connectivity index (χ0) is 16.7. The van der Waals surface area contributed by atoms with Crippen LogP contribution in [0.1, 0.15) is 0 Å². The standard InChI is InChI=1S/C19H12FNO2S/c20-16-7-11(1-4-19(16)23)18-9-14(12-5-6-24-10-12)15-8-13(22)2-3-17(15)21-18/h1-10,22-23H. The number of thiophene rings is 1. The quantitative estimate of drug-likeness (QED) is 0.530. The monoisotopic (exact) mass is 337 g/mol. The molecule has 0 radical (unpaired) electrons. The van der Waals surface area contributed by atoms with Crippen molar-refractivity contribution in [1.82, 2.24) is 4.98 Å². The average Bonchev–Trinajstić information content (AvgIpc) is 3.11. The molecule has 0 amide bonds. The molecule has 0 aliphatic heterocycles. The Kier molecular flexibility index (Phi) is 3.43. The van der Waals surface area contributed by atoms with E-state index in [9.17, 15) is 14.6 Å². The molecule has 5 heteroatoms. The maximum atomic E-state index is 13.7. The van der Waals surface area contributed by atoms with Crippen LogP contribution in [0.4, 0.5) is 4.39 Å². The molecule has 0 bridgehead atoms. The molecular formula is C19H12FNO2S. The molecule has 0 aliphatic carbocycles. The zero-order valence-corrected chi connectivity index (χ0v) is 13.2. The average molecular weight is 337 g/mol. The van der Waals surface area contributed by atoms with Crippen molar-refractivity contribution < 1.29 is 14.6 Å². The summed E-state index contributed by atoms with van der Waals surface area (Å²) in [6.45, 7) is 0. The van der Waals surface area contributed by atoms with Crippen molar-refractivity contribution >= 4 is 22.2 Å². The first kappa shape index (κ1) is 14.7. The highest BCUT2D eigenvalue weighted by molar-refractivity contribution is 7.08. The van der Waals surface area contributed by atoms with Crippen LogP contribution in [0, 0.1) is 5.82 Å². The second-order valence-corrected chi connectivity index (χ2v) is 6.21. The van der Waals surface area contributed by atoms with E-state index in [2.05, 4.69) is 4.98 Å². The Morgan fingerprint density at radius 1 is 0.917 bits per heavy atom. The number of phenols is 2. The second kappa shape index (κ2) is 5.62. The van der Waals surface area contributed by atoms with Gasteiger partial charge in [0.1, 0.15) is 5.75 Å². The summed E-state index contributed by atoms with van der Waals surface area (Å²) in [6.07, 6.45) is 0. The Bertz CT molecular complexity index is 1040. The van der Waals surface area contributed by atoms with Gasteiger partial charge in [0.15, 0.2) is 11.6 Å². The van der Waals surface area contributed by atoms with Crippen LogP contribution in [-0.2, 0) is 0 Å². The molecule has 0 aliphatic rings. The molecule has 3 nitrogen and oxygen atoms in total. The van der Waals surface area contributed by atoms with Gasteiger partial charge < -0.3 is 10.2 Å². The lowest BCUT2D eigenvalue weighted by atomic mass is 10.00. The summed E-state index contributed by atoms with van der Waals surface area (Å²) in [6, 6.07) is 13.1. The topological polar surface area (TPSA) is 53.4 Å². The molecule has 2 aromatic heterocycles. The first-order valence-electron chi connectivity index (χ1n) is 7.27. The molecule has 4 aromatic rings. The van der Waals surface area contributed by atoms with E-state index in [1.54, 1.807) is 35.6 Å². The molecule has 4 rings (SSSR count). The normalized spacial score (nSPS) is 11.0.